The van der Waals surface area contributed by atoms with Crippen LogP contribution in [0.4, 0.5) is 0 Å². The summed E-state index contributed by atoms with van der Waals surface area (Å²) >= 11 is 0. The molecule has 1 N–H and O–H groups in total. The summed E-state index contributed by atoms with van der Waals surface area (Å²) in [6.07, 6.45) is 3.94. The van der Waals surface area contributed by atoms with Gasteiger partial charge >= 0.3 is 0 Å². The summed E-state index contributed by atoms with van der Waals surface area (Å²) in [5, 5.41) is 3.38. The topological polar surface area (TPSA) is 15.3 Å². The van der Waals surface area contributed by atoms with Gasteiger partial charge in [0.1, 0.15) is 0 Å². The number of piperidine rings is 1. The molecular formula is C12H26N2. The predicted octanol–water partition coefficient (Wildman–Crippen LogP) is 2.11. The van der Waals surface area contributed by atoms with Crippen LogP contribution < -0.4 is 5.32 Å². The summed E-state index contributed by atoms with van der Waals surface area (Å²) in [6, 6.07) is 0.677. The van der Waals surface area contributed by atoms with E-state index in [9.17, 15) is 0 Å². The summed E-state index contributed by atoms with van der Waals surface area (Å²) in [6.45, 7) is 10.8. The lowest BCUT2D eigenvalue weighted by Crippen LogP contribution is -2.44. The number of likely N-dealkylation sites (tertiary alicyclic amines) is 1. The monoisotopic (exact) mass is 198 g/mol. The van der Waals surface area contributed by atoms with Crippen molar-refractivity contribution in [1.82, 2.24) is 10.2 Å². The number of likely N-dealkylation sites (N-methyl/N-ethyl adjacent to an activating group) is 1. The molecule has 84 valence electrons. The van der Waals surface area contributed by atoms with E-state index in [-0.39, 0.29) is 0 Å². The van der Waals surface area contributed by atoms with Gasteiger partial charge in [-0.15, -0.1) is 0 Å². The Bertz CT molecular complexity index is 152. The molecule has 1 aliphatic heterocycles. The van der Waals surface area contributed by atoms with Gasteiger partial charge in [0.25, 0.3) is 0 Å². The van der Waals surface area contributed by atoms with Gasteiger partial charge in [0.15, 0.2) is 0 Å². The summed E-state index contributed by atoms with van der Waals surface area (Å²) in [7, 11) is 2.07. The minimum absolute atomic E-state index is 0.581. The zero-order chi connectivity index (χ0) is 10.6. The van der Waals surface area contributed by atoms with Gasteiger partial charge in [-0.2, -0.15) is 0 Å². The van der Waals surface area contributed by atoms with Crippen molar-refractivity contribution in [2.75, 3.05) is 26.7 Å². The average Bonchev–Trinajstić information content (AvgIpc) is 2.16. The molecule has 0 aromatic carbocycles. The van der Waals surface area contributed by atoms with Gasteiger partial charge in [-0.3, -0.25) is 0 Å². The van der Waals surface area contributed by atoms with Crippen LogP contribution in [0.2, 0.25) is 0 Å². The van der Waals surface area contributed by atoms with E-state index < -0.39 is 0 Å². The standard InChI is InChI=1S/C12H26N2/c1-5-11(13-4)10-14-8-6-12(2,3)7-9-14/h11,13H,5-10H2,1-4H3. The third-order valence-electron chi connectivity index (χ3n) is 3.59. The molecule has 0 aliphatic carbocycles. The Morgan fingerprint density at radius 3 is 2.29 bits per heavy atom. The molecule has 1 atom stereocenters. The summed E-state index contributed by atoms with van der Waals surface area (Å²) in [4.78, 5) is 2.61. The van der Waals surface area contributed by atoms with Gasteiger partial charge in [-0.05, 0) is 44.8 Å². The van der Waals surface area contributed by atoms with Gasteiger partial charge < -0.3 is 10.2 Å². The number of nitrogens with zero attached hydrogens (tertiary/aromatic N) is 1. The van der Waals surface area contributed by atoms with Gasteiger partial charge in [-0.25, -0.2) is 0 Å². The van der Waals surface area contributed by atoms with Crippen LogP contribution in [-0.4, -0.2) is 37.6 Å². The molecule has 1 aliphatic rings. The Morgan fingerprint density at radius 1 is 1.29 bits per heavy atom. The predicted molar refractivity (Wildman–Crippen MR) is 62.6 cm³/mol. The highest BCUT2D eigenvalue weighted by atomic mass is 15.2. The summed E-state index contributed by atoms with van der Waals surface area (Å²) in [5.74, 6) is 0. The van der Waals surface area contributed by atoms with Crippen LogP contribution in [0.3, 0.4) is 0 Å². The Balaban J connectivity index is 2.28. The van der Waals surface area contributed by atoms with E-state index in [2.05, 4.69) is 38.0 Å². The van der Waals surface area contributed by atoms with E-state index in [1.54, 1.807) is 0 Å². The fourth-order valence-corrected chi connectivity index (χ4v) is 2.08. The molecule has 2 nitrogen and oxygen atoms in total. The smallest absolute Gasteiger partial charge is 0.0189 e. The van der Waals surface area contributed by atoms with E-state index in [4.69, 9.17) is 0 Å². The van der Waals surface area contributed by atoms with Gasteiger partial charge in [0, 0.05) is 12.6 Å². The molecule has 1 saturated heterocycles. The maximum Gasteiger partial charge on any atom is 0.0189 e. The number of rotatable bonds is 4. The number of hydrogen-bond acceptors (Lipinski definition) is 2. The van der Waals surface area contributed by atoms with Crippen LogP contribution in [0.25, 0.3) is 0 Å². The van der Waals surface area contributed by atoms with Gasteiger partial charge in [-0.1, -0.05) is 20.8 Å². The highest BCUT2D eigenvalue weighted by Crippen LogP contribution is 2.29. The van der Waals surface area contributed by atoms with Crippen LogP contribution in [-0.2, 0) is 0 Å². The quantitative estimate of drug-likeness (QED) is 0.744. The lowest BCUT2D eigenvalue weighted by atomic mass is 9.82. The van der Waals surface area contributed by atoms with E-state index in [0.29, 0.717) is 11.5 Å². The van der Waals surface area contributed by atoms with Crippen LogP contribution in [0.1, 0.15) is 40.0 Å². The average molecular weight is 198 g/mol. The normalized spacial score (nSPS) is 24.9. The SMILES string of the molecule is CCC(CN1CCC(C)(C)CC1)NC. The molecule has 0 aromatic heterocycles. The van der Waals surface area contributed by atoms with Crippen molar-refractivity contribution in [3.63, 3.8) is 0 Å². The molecule has 1 rings (SSSR count). The first kappa shape index (κ1) is 12.0. The van der Waals surface area contributed by atoms with Crippen molar-refractivity contribution in [2.24, 2.45) is 5.41 Å². The molecule has 1 unspecified atom stereocenters. The zero-order valence-corrected chi connectivity index (χ0v) is 10.3. The van der Waals surface area contributed by atoms with Crippen LogP contribution in [0.5, 0.6) is 0 Å². The summed E-state index contributed by atoms with van der Waals surface area (Å²) in [5.41, 5.74) is 0.581. The molecule has 1 heterocycles. The first-order valence-electron chi connectivity index (χ1n) is 5.97. The van der Waals surface area contributed by atoms with E-state index in [0.717, 1.165) is 0 Å². The maximum atomic E-state index is 3.38. The lowest BCUT2D eigenvalue weighted by Gasteiger charge is -2.38. The van der Waals surface area contributed by atoms with Crippen molar-refractivity contribution >= 4 is 0 Å². The molecule has 1 fully saturated rings. The van der Waals surface area contributed by atoms with E-state index >= 15 is 0 Å². The zero-order valence-electron chi connectivity index (χ0n) is 10.3. The number of hydrogen-bond donors (Lipinski definition) is 1. The molecule has 0 spiro atoms. The van der Waals surface area contributed by atoms with Crippen molar-refractivity contribution in [3.05, 3.63) is 0 Å². The number of nitrogens with one attached hydrogen (secondary N) is 1. The van der Waals surface area contributed by atoms with Crippen LogP contribution >= 0.6 is 0 Å². The highest BCUT2D eigenvalue weighted by Gasteiger charge is 2.25. The highest BCUT2D eigenvalue weighted by molar-refractivity contribution is 4.80. The molecule has 2 heteroatoms. The molecule has 0 saturated carbocycles. The van der Waals surface area contributed by atoms with Gasteiger partial charge in [0.2, 0.25) is 0 Å². The molecule has 14 heavy (non-hydrogen) atoms. The van der Waals surface area contributed by atoms with Crippen molar-refractivity contribution < 1.29 is 0 Å². The molecule has 0 bridgehead atoms. The van der Waals surface area contributed by atoms with Crippen LogP contribution in [0, 0.1) is 5.41 Å². The first-order valence-corrected chi connectivity index (χ1v) is 5.97. The van der Waals surface area contributed by atoms with Crippen molar-refractivity contribution in [3.8, 4) is 0 Å². The Hall–Kier alpha value is -0.0800. The minimum atomic E-state index is 0.581. The Morgan fingerprint density at radius 2 is 1.86 bits per heavy atom. The van der Waals surface area contributed by atoms with E-state index in [1.807, 2.05) is 0 Å². The minimum Gasteiger partial charge on any atom is -0.316 e. The second-order valence-corrected chi connectivity index (χ2v) is 5.36. The Kier molecular flexibility index (Phi) is 4.39. The third kappa shape index (κ3) is 3.58. The lowest BCUT2D eigenvalue weighted by molar-refractivity contribution is 0.123. The molecule has 0 aromatic rings. The third-order valence-corrected chi connectivity index (χ3v) is 3.59. The van der Waals surface area contributed by atoms with Gasteiger partial charge in [0.05, 0.1) is 0 Å². The fraction of sp³-hybridized carbons (Fsp3) is 1.00. The second kappa shape index (κ2) is 5.13. The van der Waals surface area contributed by atoms with Crippen molar-refractivity contribution in [2.45, 2.75) is 46.1 Å². The second-order valence-electron chi connectivity index (χ2n) is 5.36. The molecule has 0 radical (unpaired) electrons. The maximum absolute atomic E-state index is 3.38. The summed E-state index contributed by atoms with van der Waals surface area (Å²) < 4.78 is 0. The first-order chi connectivity index (χ1) is 6.57. The molecule has 0 amide bonds. The van der Waals surface area contributed by atoms with Crippen molar-refractivity contribution in [1.29, 1.82) is 0 Å². The Labute approximate surface area is 89.1 Å². The molecular weight excluding hydrogens is 172 g/mol. The van der Waals surface area contributed by atoms with E-state index in [1.165, 1.54) is 38.9 Å². The van der Waals surface area contributed by atoms with Crippen LogP contribution in [0.15, 0.2) is 0 Å². The fourth-order valence-electron chi connectivity index (χ4n) is 2.08. The largest absolute Gasteiger partial charge is 0.316 e.